The summed E-state index contributed by atoms with van der Waals surface area (Å²) in [4.78, 5) is 73.0. The van der Waals surface area contributed by atoms with E-state index in [2.05, 4.69) is 76.3 Å². The average molecular weight is 1460 g/mol. The lowest BCUT2D eigenvalue weighted by Crippen LogP contribution is -2.30. The van der Waals surface area contributed by atoms with Crippen LogP contribution >= 0.6 is 15.6 Å². The Labute approximate surface area is 610 Å². The van der Waals surface area contributed by atoms with E-state index >= 15 is 0 Å². The lowest BCUT2D eigenvalue weighted by molar-refractivity contribution is -0.161. The number of ether oxygens (including phenoxy) is 4. The third-order valence-electron chi connectivity index (χ3n) is 17.8. The molecule has 0 aromatic carbocycles. The molecular weight excluding hydrogens is 1310 g/mol. The molecule has 0 saturated heterocycles. The van der Waals surface area contributed by atoms with Gasteiger partial charge in [0.25, 0.3) is 0 Å². The molecule has 19 heteroatoms. The number of aliphatic hydroxyl groups excluding tert-OH is 1. The summed E-state index contributed by atoms with van der Waals surface area (Å²) in [6.07, 6.45) is 72.2. The van der Waals surface area contributed by atoms with Gasteiger partial charge in [-0.3, -0.25) is 37.3 Å². The van der Waals surface area contributed by atoms with Crippen LogP contribution in [-0.4, -0.2) is 96.7 Å². The smallest absolute Gasteiger partial charge is 0.462 e. The molecule has 0 rings (SSSR count). The number of phosphoric ester groups is 2. The van der Waals surface area contributed by atoms with Crippen LogP contribution in [-0.2, 0) is 65.4 Å². The molecule has 0 spiro atoms. The lowest BCUT2D eigenvalue weighted by Gasteiger charge is -2.21. The summed E-state index contributed by atoms with van der Waals surface area (Å²) in [6, 6.07) is 0. The first-order valence-corrected chi connectivity index (χ1v) is 43.9. The maximum absolute atomic E-state index is 13.1. The first-order chi connectivity index (χ1) is 48.7. The van der Waals surface area contributed by atoms with Crippen molar-refractivity contribution < 1.29 is 80.2 Å². The predicted molar refractivity (Wildman–Crippen MR) is 409 cm³/mol. The first kappa shape index (κ1) is 97.0. The summed E-state index contributed by atoms with van der Waals surface area (Å²) in [7, 11) is -9.94. The Hall–Kier alpha value is -2.98. The van der Waals surface area contributed by atoms with Gasteiger partial charge in [-0.25, -0.2) is 9.13 Å². The van der Waals surface area contributed by atoms with Gasteiger partial charge in [-0.05, 0) is 89.9 Å². The molecule has 0 aliphatic heterocycles. The van der Waals surface area contributed by atoms with Crippen LogP contribution in [0, 0.1) is 0 Å². The minimum Gasteiger partial charge on any atom is -0.462 e. The van der Waals surface area contributed by atoms with Gasteiger partial charge in [0.05, 0.1) is 26.4 Å². The van der Waals surface area contributed by atoms with Crippen molar-refractivity contribution in [2.24, 2.45) is 0 Å². The van der Waals surface area contributed by atoms with Crippen molar-refractivity contribution in [1.82, 2.24) is 0 Å². The highest BCUT2D eigenvalue weighted by atomic mass is 31.2. The van der Waals surface area contributed by atoms with Crippen molar-refractivity contribution >= 4 is 39.5 Å². The Kier molecular flexibility index (Phi) is 72.1. The molecule has 100 heavy (non-hydrogen) atoms. The number of phosphoric acid groups is 2. The van der Waals surface area contributed by atoms with Gasteiger partial charge in [0, 0.05) is 25.7 Å². The second-order valence-electron chi connectivity index (χ2n) is 27.7. The number of hydrogen-bond donors (Lipinski definition) is 3. The summed E-state index contributed by atoms with van der Waals surface area (Å²) in [6.45, 7) is 4.89. The van der Waals surface area contributed by atoms with Crippen LogP contribution in [0.1, 0.15) is 387 Å². The number of allylic oxidation sites excluding steroid dienone is 8. The second-order valence-corrected chi connectivity index (χ2v) is 30.6. The molecule has 0 aromatic heterocycles. The minimum absolute atomic E-state index is 0.0994. The zero-order valence-electron chi connectivity index (χ0n) is 64.1. The van der Waals surface area contributed by atoms with E-state index in [1.54, 1.807) is 0 Å². The number of carbonyl (C=O) groups excluding carboxylic acids is 4. The summed E-state index contributed by atoms with van der Waals surface area (Å²) in [5.74, 6) is -2.16. The van der Waals surface area contributed by atoms with E-state index in [9.17, 15) is 43.2 Å². The highest BCUT2D eigenvalue weighted by Crippen LogP contribution is 2.45. The van der Waals surface area contributed by atoms with Crippen molar-refractivity contribution in [2.75, 3.05) is 39.6 Å². The molecule has 0 bridgehead atoms. The summed E-state index contributed by atoms with van der Waals surface area (Å²) < 4.78 is 68.7. The van der Waals surface area contributed by atoms with Crippen molar-refractivity contribution in [1.29, 1.82) is 0 Å². The van der Waals surface area contributed by atoms with E-state index in [1.165, 1.54) is 167 Å². The topological polar surface area (TPSA) is 237 Å². The number of unbranched alkanes of at least 4 members (excludes halogenated alkanes) is 44. The quantitative estimate of drug-likeness (QED) is 0.0169. The Morgan fingerprint density at radius 3 is 0.760 bits per heavy atom. The molecule has 17 nitrogen and oxygen atoms in total. The first-order valence-electron chi connectivity index (χ1n) is 40.9. The number of rotatable bonds is 78. The third kappa shape index (κ3) is 73.3. The monoisotopic (exact) mass is 1460 g/mol. The molecule has 0 aliphatic rings. The van der Waals surface area contributed by atoms with Crippen molar-refractivity contribution in [2.45, 2.75) is 406 Å². The Morgan fingerprint density at radius 2 is 0.490 bits per heavy atom. The van der Waals surface area contributed by atoms with Crippen LogP contribution in [0.3, 0.4) is 0 Å². The maximum Gasteiger partial charge on any atom is 0.472 e. The molecule has 0 aromatic rings. The van der Waals surface area contributed by atoms with Crippen molar-refractivity contribution in [3.63, 3.8) is 0 Å². The van der Waals surface area contributed by atoms with E-state index in [4.69, 9.17) is 37.0 Å². The van der Waals surface area contributed by atoms with Crippen LogP contribution in [0.4, 0.5) is 0 Å². The molecule has 0 heterocycles. The third-order valence-corrected chi connectivity index (χ3v) is 19.7. The number of aliphatic hydroxyl groups is 1. The van der Waals surface area contributed by atoms with Gasteiger partial charge in [-0.15, -0.1) is 0 Å². The predicted octanol–water partition coefficient (Wildman–Crippen LogP) is 23.7. The SMILES string of the molecule is CCCCC/C=C\C/C=C\CCCCCCCC(=O)OC[C@H](COP(=O)(O)OC[C@H](O)COP(=O)(O)OC[C@@H](COC(=O)CCCCCCC/C=C\C/C=C\CCCCC)OC(=O)CCCCCCCCCCCCCCCCCCC)OC(=O)CCCCCCCCCCCCCCC. The van der Waals surface area contributed by atoms with Crippen LogP contribution in [0.15, 0.2) is 48.6 Å². The second kappa shape index (κ2) is 74.3. The maximum atomic E-state index is 13.1. The zero-order chi connectivity index (χ0) is 73.2. The van der Waals surface area contributed by atoms with Crippen LogP contribution in [0.25, 0.3) is 0 Å². The molecular formula is C81H150O17P2. The van der Waals surface area contributed by atoms with Gasteiger partial charge in [0.15, 0.2) is 12.2 Å². The van der Waals surface area contributed by atoms with Gasteiger partial charge >= 0.3 is 39.5 Å². The molecule has 0 amide bonds. The van der Waals surface area contributed by atoms with Gasteiger partial charge in [0.1, 0.15) is 19.3 Å². The molecule has 3 N–H and O–H groups in total. The summed E-state index contributed by atoms with van der Waals surface area (Å²) >= 11 is 0. The highest BCUT2D eigenvalue weighted by Gasteiger charge is 2.30. The Balaban J connectivity index is 5.32. The van der Waals surface area contributed by atoms with E-state index in [0.717, 1.165) is 141 Å². The largest absolute Gasteiger partial charge is 0.472 e. The highest BCUT2D eigenvalue weighted by molar-refractivity contribution is 7.47. The number of esters is 4. The van der Waals surface area contributed by atoms with Gasteiger partial charge in [-0.2, -0.15) is 0 Å². The number of carbonyl (C=O) groups is 4. The Morgan fingerprint density at radius 1 is 0.280 bits per heavy atom. The summed E-state index contributed by atoms with van der Waals surface area (Å²) in [5.41, 5.74) is 0. The molecule has 0 radical (unpaired) electrons. The van der Waals surface area contributed by atoms with Crippen LogP contribution < -0.4 is 0 Å². The fourth-order valence-electron chi connectivity index (χ4n) is 11.5. The minimum atomic E-state index is -4.97. The van der Waals surface area contributed by atoms with Crippen LogP contribution in [0.5, 0.6) is 0 Å². The molecule has 0 fully saturated rings. The lowest BCUT2D eigenvalue weighted by atomic mass is 10.0. The normalized spacial score (nSPS) is 14.1. The van der Waals surface area contributed by atoms with E-state index in [1.807, 2.05) is 0 Å². The van der Waals surface area contributed by atoms with Crippen molar-refractivity contribution in [3.8, 4) is 0 Å². The number of hydrogen-bond acceptors (Lipinski definition) is 15. The van der Waals surface area contributed by atoms with E-state index in [-0.39, 0.29) is 25.7 Å². The van der Waals surface area contributed by atoms with E-state index in [0.29, 0.717) is 25.7 Å². The van der Waals surface area contributed by atoms with Gasteiger partial charge in [0.2, 0.25) is 0 Å². The average Bonchev–Trinajstić information content (AvgIpc) is 0.958. The van der Waals surface area contributed by atoms with Crippen LogP contribution in [0.2, 0.25) is 0 Å². The standard InChI is InChI=1S/C81H150O17P2/c1-5-9-13-17-21-25-29-33-36-37-40-44-48-52-56-60-64-68-81(86)98-77(72-92-79(84)66-62-58-54-50-46-43-39-35-31-27-23-19-15-11-7-3)74-96-100(89,90)94-70-75(82)69-93-99(87,88)95-73-76(97-80(85)67-63-59-55-51-47-41-32-28-24-20-16-12-8-4)71-91-78(83)65-61-57-53-49-45-42-38-34-30-26-22-18-14-10-6-2/h22-23,26-27,34-35,38-39,75-77,82H,5-21,24-25,28-33,36-37,40-74H2,1-4H3,(H,87,88)(H,89,90)/b26-22-,27-23-,38-34-,39-35-/t75-,76+,77+/m0/s1. The van der Waals surface area contributed by atoms with Gasteiger partial charge < -0.3 is 33.8 Å². The molecule has 2 unspecified atom stereocenters. The zero-order valence-corrected chi connectivity index (χ0v) is 65.9. The fourth-order valence-corrected chi connectivity index (χ4v) is 13.1. The molecule has 0 saturated carbocycles. The molecule has 586 valence electrons. The Bertz CT molecular complexity index is 2080. The van der Waals surface area contributed by atoms with Crippen molar-refractivity contribution in [3.05, 3.63) is 48.6 Å². The van der Waals surface area contributed by atoms with E-state index < -0.39 is 97.5 Å². The summed E-state index contributed by atoms with van der Waals surface area (Å²) in [5, 5.41) is 10.6. The fraction of sp³-hybridized carbons (Fsp3) is 0.852. The molecule has 0 aliphatic carbocycles. The van der Waals surface area contributed by atoms with Gasteiger partial charge in [-0.1, -0.05) is 320 Å². The molecule has 5 atom stereocenters.